The van der Waals surface area contributed by atoms with Crippen LogP contribution in [0.5, 0.6) is 0 Å². The van der Waals surface area contributed by atoms with Gasteiger partial charge in [0.25, 0.3) is 0 Å². The second-order valence-corrected chi connectivity index (χ2v) is 7.91. The summed E-state index contributed by atoms with van der Waals surface area (Å²) in [6, 6.07) is 0. The van der Waals surface area contributed by atoms with Gasteiger partial charge in [-0.2, -0.15) is 0 Å². The minimum atomic E-state index is 0.596. The summed E-state index contributed by atoms with van der Waals surface area (Å²) in [5.41, 5.74) is 1.28. The van der Waals surface area contributed by atoms with Gasteiger partial charge in [0.2, 0.25) is 0 Å². The van der Waals surface area contributed by atoms with Gasteiger partial charge in [-0.1, -0.05) is 38.8 Å². The van der Waals surface area contributed by atoms with Crippen LogP contribution in [0.15, 0.2) is 0 Å². The van der Waals surface area contributed by atoms with E-state index in [0.717, 1.165) is 16.7 Å². The highest BCUT2D eigenvalue weighted by Crippen LogP contribution is 2.67. The molecule has 0 saturated heterocycles. The fraction of sp³-hybridized carbons (Fsp3) is 1.00. The van der Waals surface area contributed by atoms with E-state index in [1.54, 1.807) is 0 Å². The molecule has 0 radical (unpaired) electrons. The number of hydrogen-bond donors (Lipinski definition) is 0. The summed E-state index contributed by atoms with van der Waals surface area (Å²) < 4.78 is 0. The average molecular weight is 322 g/mol. The lowest BCUT2D eigenvalue weighted by molar-refractivity contribution is -0.0807. The van der Waals surface area contributed by atoms with E-state index in [1.807, 2.05) is 0 Å². The molecule has 0 heterocycles. The molecular weight excluding hydrogens is 304 g/mol. The van der Waals surface area contributed by atoms with Gasteiger partial charge in [-0.15, -0.1) is 0 Å². The number of rotatable bonds is 1. The second-order valence-electron chi connectivity index (χ2n) is 6.36. The number of halogens is 2. The van der Waals surface area contributed by atoms with Crippen molar-refractivity contribution in [1.82, 2.24) is 0 Å². The highest BCUT2D eigenvalue weighted by molar-refractivity contribution is 9.10. The predicted octanol–water partition coefficient (Wildman–Crippen LogP) is 4.36. The van der Waals surface area contributed by atoms with Crippen molar-refractivity contribution in [3.05, 3.63) is 0 Å². The zero-order valence-corrected chi connectivity index (χ0v) is 11.9. The Kier molecular flexibility index (Phi) is 2.17. The van der Waals surface area contributed by atoms with Crippen LogP contribution in [0.2, 0.25) is 0 Å². The largest absolute Gasteiger partial charge is 0.0922 e. The van der Waals surface area contributed by atoms with E-state index in [9.17, 15) is 0 Å². The van der Waals surface area contributed by atoms with Gasteiger partial charge in [0.15, 0.2) is 0 Å². The highest BCUT2D eigenvalue weighted by Gasteiger charge is 2.59. The molecule has 4 saturated carbocycles. The molecule has 0 aromatic carbocycles. The Labute approximate surface area is 103 Å². The van der Waals surface area contributed by atoms with Crippen molar-refractivity contribution >= 4 is 31.9 Å². The molecule has 2 heteroatoms. The van der Waals surface area contributed by atoms with Crippen LogP contribution in [0.3, 0.4) is 0 Å². The lowest BCUT2D eigenvalue weighted by atomic mass is 9.45. The lowest BCUT2D eigenvalue weighted by Crippen LogP contribution is -2.57. The van der Waals surface area contributed by atoms with Gasteiger partial charge in [-0.05, 0) is 54.8 Å². The molecule has 0 spiro atoms. The van der Waals surface area contributed by atoms with Crippen LogP contribution >= 0.6 is 31.9 Å². The monoisotopic (exact) mass is 320 g/mol. The Hall–Kier alpha value is 0.960. The molecule has 0 aromatic heterocycles. The molecule has 4 aliphatic carbocycles. The van der Waals surface area contributed by atoms with Crippen LogP contribution in [0.25, 0.3) is 0 Å². The maximum atomic E-state index is 3.99. The molecule has 1 unspecified atom stereocenters. The van der Waals surface area contributed by atoms with Gasteiger partial charge in [0, 0.05) is 10.2 Å². The Morgan fingerprint density at radius 1 is 1.29 bits per heavy atom. The Morgan fingerprint density at radius 3 is 2.71 bits per heavy atom. The molecule has 0 N–H and O–H groups in total. The van der Waals surface area contributed by atoms with Gasteiger partial charge in [-0.25, -0.2) is 0 Å². The quantitative estimate of drug-likeness (QED) is 0.629. The van der Waals surface area contributed by atoms with E-state index in [-0.39, 0.29) is 0 Å². The molecule has 0 amide bonds. The summed E-state index contributed by atoms with van der Waals surface area (Å²) in [6.07, 6.45) is 7.42. The van der Waals surface area contributed by atoms with Crippen molar-refractivity contribution in [2.24, 2.45) is 22.7 Å². The summed E-state index contributed by atoms with van der Waals surface area (Å²) in [5.74, 6) is 2.01. The van der Waals surface area contributed by atoms with Gasteiger partial charge in [-0.3, -0.25) is 0 Å². The highest BCUT2D eigenvalue weighted by atomic mass is 79.9. The maximum Gasteiger partial charge on any atom is 0.0239 e. The third kappa shape index (κ3) is 1.22. The summed E-state index contributed by atoms with van der Waals surface area (Å²) in [6.45, 7) is 2.53. The lowest BCUT2D eigenvalue weighted by Gasteiger charge is -2.63. The smallest absolute Gasteiger partial charge is 0.0239 e. The molecule has 80 valence electrons. The molecule has 0 nitrogen and oxygen atoms in total. The fourth-order valence-electron chi connectivity index (χ4n) is 4.91. The standard InChI is InChI=1S/C12H18Br2/c1-11-3-8-2-9(5-11)10(14)12(4-8,6-11)7-13/h8-10H,2-7H2,1H3/t8-,9+,10?,11-,12-/m0/s1. The predicted molar refractivity (Wildman–Crippen MR) is 67.1 cm³/mol. The number of alkyl halides is 2. The van der Waals surface area contributed by atoms with Crippen molar-refractivity contribution in [2.45, 2.75) is 43.9 Å². The normalized spacial score (nSPS) is 60.6. The van der Waals surface area contributed by atoms with E-state index in [0.29, 0.717) is 10.8 Å². The summed E-state index contributed by atoms with van der Waals surface area (Å²) in [5, 5.41) is 1.21. The average Bonchev–Trinajstić information content (AvgIpc) is 2.11. The van der Waals surface area contributed by atoms with Gasteiger partial charge < -0.3 is 0 Å². The van der Waals surface area contributed by atoms with Crippen molar-refractivity contribution in [2.75, 3.05) is 5.33 Å². The molecule has 0 aromatic rings. The van der Waals surface area contributed by atoms with Crippen molar-refractivity contribution in [3.8, 4) is 0 Å². The van der Waals surface area contributed by atoms with Crippen molar-refractivity contribution < 1.29 is 0 Å². The Balaban J connectivity index is 2.00. The SMILES string of the molecule is C[C@]12C[C@@H]3C[C@H](C1)C(Br)[C@@](CBr)(C3)C2. The summed E-state index contributed by atoms with van der Waals surface area (Å²) in [7, 11) is 0. The first-order chi connectivity index (χ1) is 6.57. The molecule has 4 aliphatic rings. The first kappa shape index (κ1) is 10.1. The molecule has 4 bridgehead atoms. The van der Waals surface area contributed by atoms with E-state index < -0.39 is 0 Å². The van der Waals surface area contributed by atoms with E-state index >= 15 is 0 Å². The van der Waals surface area contributed by atoms with Crippen LogP contribution in [-0.2, 0) is 0 Å². The van der Waals surface area contributed by atoms with Gasteiger partial charge >= 0.3 is 0 Å². The summed E-state index contributed by atoms with van der Waals surface area (Å²) in [4.78, 5) is 0.791. The third-order valence-electron chi connectivity index (χ3n) is 4.91. The van der Waals surface area contributed by atoms with Crippen molar-refractivity contribution in [1.29, 1.82) is 0 Å². The minimum absolute atomic E-state index is 0.596. The van der Waals surface area contributed by atoms with Gasteiger partial charge in [0.1, 0.15) is 0 Å². The molecule has 0 aliphatic heterocycles. The first-order valence-electron chi connectivity index (χ1n) is 5.77. The Morgan fingerprint density at radius 2 is 2.07 bits per heavy atom. The van der Waals surface area contributed by atoms with Crippen LogP contribution < -0.4 is 0 Å². The fourth-order valence-corrected chi connectivity index (χ4v) is 7.04. The Bertz CT molecular complexity index is 265. The van der Waals surface area contributed by atoms with Crippen LogP contribution in [0.1, 0.15) is 39.0 Å². The molecule has 4 rings (SSSR count). The third-order valence-corrected chi connectivity index (χ3v) is 7.75. The van der Waals surface area contributed by atoms with Crippen molar-refractivity contribution in [3.63, 3.8) is 0 Å². The second kappa shape index (κ2) is 3.00. The molecule has 4 fully saturated rings. The maximum absolute atomic E-state index is 3.99. The summed E-state index contributed by atoms with van der Waals surface area (Å²) >= 11 is 7.76. The van der Waals surface area contributed by atoms with E-state index in [2.05, 4.69) is 38.8 Å². The number of hydrogen-bond acceptors (Lipinski definition) is 0. The van der Waals surface area contributed by atoms with Crippen LogP contribution in [0, 0.1) is 22.7 Å². The first-order valence-corrected chi connectivity index (χ1v) is 7.81. The zero-order valence-electron chi connectivity index (χ0n) is 8.73. The molecular formula is C12H18Br2. The van der Waals surface area contributed by atoms with Crippen LogP contribution in [-0.4, -0.2) is 10.2 Å². The van der Waals surface area contributed by atoms with Gasteiger partial charge in [0.05, 0.1) is 0 Å². The molecule has 14 heavy (non-hydrogen) atoms. The van der Waals surface area contributed by atoms with Crippen LogP contribution in [0.4, 0.5) is 0 Å². The van der Waals surface area contributed by atoms with E-state index in [1.165, 1.54) is 37.4 Å². The zero-order chi connectivity index (χ0) is 9.97. The topological polar surface area (TPSA) is 0 Å². The minimum Gasteiger partial charge on any atom is -0.0922 e. The van der Waals surface area contributed by atoms with E-state index in [4.69, 9.17) is 0 Å². The molecule has 5 atom stereocenters.